The van der Waals surface area contributed by atoms with Crippen molar-refractivity contribution in [3.8, 4) is 16.3 Å². The molecule has 1 aromatic heterocycles. The molecule has 3 rings (SSSR count). The fourth-order valence-electron chi connectivity index (χ4n) is 3.34. The molecule has 1 aliphatic rings. The number of ether oxygens (including phenoxy) is 1. The third-order valence-corrected chi connectivity index (χ3v) is 6.27. The maximum atomic E-state index is 12.3. The Labute approximate surface area is 159 Å². The molecule has 0 saturated carbocycles. The van der Waals surface area contributed by atoms with Crippen LogP contribution in [0, 0.1) is 12.8 Å². The number of hydrogen-bond acceptors (Lipinski definition) is 5. The van der Waals surface area contributed by atoms with Crippen molar-refractivity contribution in [2.24, 2.45) is 5.92 Å². The molecule has 2 atom stereocenters. The summed E-state index contributed by atoms with van der Waals surface area (Å²) in [5, 5.41) is 7.46. The summed E-state index contributed by atoms with van der Waals surface area (Å²) in [6.07, 6.45) is 2.74. The predicted molar refractivity (Wildman–Crippen MR) is 106 cm³/mol. The number of aromatic nitrogens is 1. The van der Waals surface area contributed by atoms with Crippen molar-refractivity contribution < 1.29 is 9.53 Å². The van der Waals surface area contributed by atoms with Crippen LogP contribution in [0.25, 0.3) is 10.6 Å². The molecule has 140 valence electrons. The lowest BCUT2D eigenvalue weighted by Crippen LogP contribution is -2.27. The third-order valence-electron chi connectivity index (χ3n) is 4.88. The highest BCUT2D eigenvalue weighted by molar-refractivity contribution is 7.15. The van der Waals surface area contributed by atoms with Gasteiger partial charge in [-0.2, -0.15) is 0 Å². The number of carbonyl (C=O) groups excluding carboxylic acids is 1. The molecule has 2 unspecified atom stereocenters. The molecular formula is C20H27N3O2S. The number of methoxy groups -OCH3 is 1. The van der Waals surface area contributed by atoms with Crippen LogP contribution in [-0.4, -0.2) is 31.1 Å². The number of rotatable bonds is 7. The Morgan fingerprint density at radius 2 is 2.19 bits per heavy atom. The van der Waals surface area contributed by atoms with E-state index in [0.29, 0.717) is 12.3 Å². The first-order valence-corrected chi connectivity index (χ1v) is 10.00. The average Bonchev–Trinajstić information content (AvgIpc) is 3.29. The second-order valence-corrected chi connectivity index (χ2v) is 7.91. The number of benzene rings is 1. The standard InChI is InChI=1S/C20H27N3O2S/c1-13(22-18(24)9-4-15-10-11-21-12-15)19-14(2)23-20(26-19)16-5-7-17(25-3)8-6-16/h5-8,13,15,21H,4,9-12H2,1-3H3,(H,22,24). The molecule has 26 heavy (non-hydrogen) atoms. The molecule has 6 heteroatoms. The number of aryl methyl sites for hydroxylation is 1. The Balaban J connectivity index is 1.60. The Hall–Kier alpha value is -1.92. The van der Waals surface area contributed by atoms with Crippen molar-refractivity contribution >= 4 is 17.2 Å². The van der Waals surface area contributed by atoms with Gasteiger partial charge in [-0.25, -0.2) is 4.98 Å². The van der Waals surface area contributed by atoms with Crippen LogP contribution in [0.4, 0.5) is 0 Å². The largest absolute Gasteiger partial charge is 0.497 e. The van der Waals surface area contributed by atoms with E-state index in [-0.39, 0.29) is 11.9 Å². The van der Waals surface area contributed by atoms with Crippen molar-refractivity contribution in [2.75, 3.05) is 20.2 Å². The second-order valence-electron chi connectivity index (χ2n) is 6.88. The van der Waals surface area contributed by atoms with E-state index in [1.54, 1.807) is 18.4 Å². The van der Waals surface area contributed by atoms with E-state index in [1.165, 1.54) is 6.42 Å². The minimum atomic E-state index is -0.0197. The van der Waals surface area contributed by atoms with Gasteiger partial charge >= 0.3 is 0 Å². The summed E-state index contributed by atoms with van der Waals surface area (Å²) < 4.78 is 5.21. The normalized spacial score (nSPS) is 17.9. The topological polar surface area (TPSA) is 63.2 Å². The summed E-state index contributed by atoms with van der Waals surface area (Å²) in [5.74, 6) is 1.60. The van der Waals surface area contributed by atoms with Gasteiger partial charge in [-0.15, -0.1) is 11.3 Å². The first-order chi connectivity index (χ1) is 12.6. The van der Waals surface area contributed by atoms with E-state index in [2.05, 4.69) is 10.6 Å². The van der Waals surface area contributed by atoms with Crippen LogP contribution in [0.15, 0.2) is 24.3 Å². The van der Waals surface area contributed by atoms with Gasteiger partial charge in [-0.05, 0) is 70.0 Å². The minimum Gasteiger partial charge on any atom is -0.497 e. The average molecular weight is 374 g/mol. The fraction of sp³-hybridized carbons (Fsp3) is 0.500. The van der Waals surface area contributed by atoms with E-state index in [1.807, 2.05) is 38.1 Å². The maximum absolute atomic E-state index is 12.3. The van der Waals surface area contributed by atoms with Gasteiger partial charge in [0.05, 0.1) is 23.7 Å². The smallest absolute Gasteiger partial charge is 0.220 e. The fourth-order valence-corrected chi connectivity index (χ4v) is 4.42. The van der Waals surface area contributed by atoms with Crippen LogP contribution < -0.4 is 15.4 Å². The summed E-state index contributed by atoms with van der Waals surface area (Å²) in [7, 11) is 1.66. The summed E-state index contributed by atoms with van der Waals surface area (Å²) in [5.41, 5.74) is 2.05. The summed E-state index contributed by atoms with van der Waals surface area (Å²) >= 11 is 1.64. The van der Waals surface area contributed by atoms with Crippen molar-refractivity contribution in [1.82, 2.24) is 15.6 Å². The molecule has 1 amide bonds. The lowest BCUT2D eigenvalue weighted by Gasteiger charge is -2.14. The molecular weight excluding hydrogens is 346 g/mol. The molecule has 0 spiro atoms. The zero-order valence-electron chi connectivity index (χ0n) is 15.7. The summed E-state index contributed by atoms with van der Waals surface area (Å²) in [6, 6.07) is 7.89. The van der Waals surface area contributed by atoms with Crippen LogP contribution >= 0.6 is 11.3 Å². The van der Waals surface area contributed by atoms with Crippen LogP contribution in [0.3, 0.4) is 0 Å². The Bertz CT molecular complexity index is 736. The quantitative estimate of drug-likeness (QED) is 0.777. The van der Waals surface area contributed by atoms with E-state index in [9.17, 15) is 4.79 Å². The first-order valence-electron chi connectivity index (χ1n) is 9.18. The van der Waals surface area contributed by atoms with E-state index >= 15 is 0 Å². The van der Waals surface area contributed by atoms with Crippen molar-refractivity contribution in [2.45, 2.75) is 39.2 Å². The Morgan fingerprint density at radius 3 is 2.85 bits per heavy atom. The molecule has 1 aromatic carbocycles. The molecule has 1 fully saturated rings. The number of amides is 1. The van der Waals surface area contributed by atoms with Crippen LogP contribution in [0.1, 0.15) is 42.8 Å². The summed E-state index contributed by atoms with van der Waals surface area (Å²) in [4.78, 5) is 18.1. The predicted octanol–water partition coefficient (Wildman–Crippen LogP) is 3.69. The first kappa shape index (κ1) is 18.9. The van der Waals surface area contributed by atoms with Gasteiger partial charge in [0.1, 0.15) is 10.8 Å². The zero-order chi connectivity index (χ0) is 18.5. The molecule has 2 heterocycles. The highest BCUT2D eigenvalue weighted by atomic mass is 32.1. The van der Waals surface area contributed by atoms with Crippen molar-refractivity contribution in [3.63, 3.8) is 0 Å². The van der Waals surface area contributed by atoms with Crippen LogP contribution in [-0.2, 0) is 4.79 Å². The monoisotopic (exact) mass is 373 g/mol. The number of hydrogen-bond donors (Lipinski definition) is 2. The maximum Gasteiger partial charge on any atom is 0.220 e. The van der Waals surface area contributed by atoms with Crippen LogP contribution in [0.2, 0.25) is 0 Å². The zero-order valence-corrected chi connectivity index (χ0v) is 16.5. The Morgan fingerprint density at radius 1 is 1.42 bits per heavy atom. The van der Waals surface area contributed by atoms with E-state index < -0.39 is 0 Å². The molecule has 0 bridgehead atoms. The number of thiazole rings is 1. The van der Waals surface area contributed by atoms with Crippen LogP contribution in [0.5, 0.6) is 5.75 Å². The molecule has 2 N–H and O–H groups in total. The lowest BCUT2D eigenvalue weighted by molar-refractivity contribution is -0.122. The highest BCUT2D eigenvalue weighted by Crippen LogP contribution is 2.32. The third kappa shape index (κ3) is 4.62. The van der Waals surface area contributed by atoms with Gasteiger partial charge in [0.15, 0.2) is 0 Å². The van der Waals surface area contributed by atoms with Gasteiger partial charge in [-0.3, -0.25) is 4.79 Å². The lowest BCUT2D eigenvalue weighted by atomic mass is 10.0. The number of nitrogens with one attached hydrogen (secondary N) is 2. The molecule has 1 aliphatic heterocycles. The molecule has 0 aliphatic carbocycles. The molecule has 2 aromatic rings. The van der Waals surface area contributed by atoms with Crippen molar-refractivity contribution in [1.29, 1.82) is 0 Å². The number of carbonyl (C=O) groups is 1. The van der Waals surface area contributed by atoms with E-state index in [4.69, 9.17) is 9.72 Å². The molecule has 5 nitrogen and oxygen atoms in total. The highest BCUT2D eigenvalue weighted by Gasteiger charge is 2.19. The van der Waals surface area contributed by atoms with Gasteiger partial charge in [0.2, 0.25) is 5.91 Å². The van der Waals surface area contributed by atoms with Gasteiger partial charge in [0, 0.05) is 12.0 Å². The number of nitrogens with zero attached hydrogens (tertiary/aromatic N) is 1. The minimum absolute atomic E-state index is 0.0197. The van der Waals surface area contributed by atoms with Gasteiger partial charge in [-0.1, -0.05) is 0 Å². The van der Waals surface area contributed by atoms with E-state index in [0.717, 1.165) is 46.4 Å². The SMILES string of the molecule is COc1ccc(-c2nc(C)c(C(C)NC(=O)CCC3CCNC3)s2)cc1. The van der Waals surface area contributed by atoms with Gasteiger partial charge < -0.3 is 15.4 Å². The molecule has 0 radical (unpaired) electrons. The molecule has 1 saturated heterocycles. The van der Waals surface area contributed by atoms with Crippen molar-refractivity contribution in [3.05, 3.63) is 34.8 Å². The summed E-state index contributed by atoms with van der Waals surface area (Å²) in [6.45, 7) is 6.16. The Kier molecular flexibility index (Phi) is 6.27. The second kappa shape index (κ2) is 8.64. The van der Waals surface area contributed by atoms with Gasteiger partial charge in [0.25, 0.3) is 0 Å².